The Morgan fingerprint density at radius 1 is 1.31 bits per heavy atom. The number of halogens is 3. The first-order valence-corrected chi connectivity index (χ1v) is 4.42. The van der Waals surface area contributed by atoms with Crippen LogP contribution in [0.25, 0.3) is 0 Å². The van der Waals surface area contributed by atoms with E-state index < -0.39 is 23.1 Å². The van der Waals surface area contributed by atoms with Gasteiger partial charge in [0.1, 0.15) is 0 Å². The van der Waals surface area contributed by atoms with Crippen LogP contribution in [0.3, 0.4) is 0 Å². The van der Waals surface area contributed by atoms with E-state index in [9.17, 15) is 18.0 Å². The van der Waals surface area contributed by atoms with Crippen molar-refractivity contribution in [1.29, 1.82) is 0 Å². The van der Waals surface area contributed by atoms with Crippen LogP contribution in [0.15, 0.2) is 18.5 Å². The van der Waals surface area contributed by atoms with E-state index in [4.69, 9.17) is 5.11 Å². The number of pyridine rings is 1. The standard InChI is InChI=1S/C10H10F3NO2/c1-9(2,8(15)16)6-3-4-14-5-7(6)10(11,12)13/h3-5H,1-2H3,(H,15,16). The van der Waals surface area contributed by atoms with E-state index in [1.165, 1.54) is 13.8 Å². The smallest absolute Gasteiger partial charge is 0.418 e. The molecule has 6 heteroatoms. The summed E-state index contributed by atoms with van der Waals surface area (Å²) in [6.45, 7) is 2.44. The van der Waals surface area contributed by atoms with Crippen molar-refractivity contribution >= 4 is 5.97 Å². The molecule has 1 aromatic rings. The molecule has 1 N–H and O–H groups in total. The summed E-state index contributed by atoms with van der Waals surface area (Å²) < 4.78 is 37.8. The van der Waals surface area contributed by atoms with E-state index in [0.717, 1.165) is 12.3 Å². The van der Waals surface area contributed by atoms with Crippen molar-refractivity contribution < 1.29 is 23.1 Å². The predicted molar refractivity (Wildman–Crippen MR) is 49.9 cm³/mol. The number of carboxylic acids is 1. The Balaban J connectivity index is 3.41. The molecular weight excluding hydrogens is 223 g/mol. The number of aliphatic carboxylic acids is 1. The lowest BCUT2D eigenvalue weighted by molar-refractivity contribution is -0.145. The van der Waals surface area contributed by atoms with Gasteiger partial charge in [-0.1, -0.05) is 0 Å². The molecule has 0 aliphatic heterocycles. The zero-order valence-electron chi connectivity index (χ0n) is 8.67. The normalized spacial score (nSPS) is 12.6. The summed E-state index contributed by atoms with van der Waals surface area (Å²) in [5, 5.41) is 8.90. The van der Waals surface area contributed by atoms with Crippen molar-refractivity contribution in [3.8, 4) is 0 Å². The third-order valence-corrected chi connectivity index (χ3v) is 2.33. The van der Waals surface area contributed by atoms with Gasteiger partial charge in [0.05, 0.1) is 11.0 Å². The molecule has 0 atom stereocenters. The topological polar surface area (TPSA) is 50.2 Å². The van der Waals surface area contributed by atoms with Crippen molar-refractivity contribution in [2.24, 2.45) is 0 Å². The van der Waals surface area contributed by atoms with Crippen LogP contribution in [0, 0.1) is 0 Å². The number of carboxylic acid groups (broad SMARTS) is 1. The molecule has 0 amide bonds. The molecule has 0 saturated heterocycles. The summed E-state index contributed by atoms with van der Waals surface area (Å²) in [4.78, 5) is 14.3. The summed E-state index contributed by atoms with van der Waals surface area (Å²) in [6.07, 6.45) is -2.81. The Hall–Kier alpha value is -1.59. The minimum atomic E-state index is -4.60. The van der Waals surface area contributed by atoms with E-state index in [1.807, 2.05) is 0 Å². The van der Waals surface area contributed by atoms with Gasteiger partial charge in [0.15, 0.2) is 0 Å². The Morgan fingerprint density at radius 2 is 1.88 bits per heavy atom. The number of nitrogens with zero attached hydrogens (tertiary/aromatic N) is 1. The van der Waals surface area contributed by atoms with Crippen molar-refractivity contribution in [1.82, 2.24) is 4.98 Å². The van der Waals surface area contributed by atoms with Gasteiger partial charge in [0, 0.05) is 12.4 Å². The number of hydrogen-bond acceptors (Lipinski definition) is 2. The van der Waals surface area contributed by atoms with Crippen molar-refractivity contribution in [2.75, 3.05) is 0 Å². The van der Waals surface area contributed by atoms with E-state index >= 15 is 0 Å². The first-order chi connectivity index (χ1) is 7.17. The second-order valence-corrected chi connectivity index (χ2v) is 3.85. The molecule has 0 fully saturated rings. The van der Waals surface area contributed by atoms with Crippen LogP contribution >= 0.6 is 0 Å². The molecule has 88 valence electrons. The van der Waals surface area contributed by atoms with Gasteiger partial charge >= 0.3 is 12.1 Å². The van der Waals surface area contributed by atoms with Crippen LogP contribution < -0.4 is 0 Å². The van der Waals surface area contributed by atoms with Gasteiger partial charge in [-0.3, -0.25) is 9.78 Å². The average molecular weight is 233 g/mol. The molecule has 1 rings (SSSR count). The fraction of sp³-hybridized carbons (Fsp3) is 0.400. The Labute approximate surface area is 89.9 Å². The minimum absolute atomic E-state index is 0.289. The fourth-order valence-corrected chi connectivity index (χ4v) is 1.28. The van der Waals surface area contributed by atoms with Crippen molar-refractivity contribution in [2.45, 2.75) is 25.4 Å². The molecule has 0 spiro atoms. The Morgan fingerprint density at radius 3 is 2.31 bits per heavy atom. The molecule has 1 aromatic heterocycles. The maximum atomic E-state index is 12.6. The van der Waals surface area contributed by atoms with Gasteiger partial charge in [-0.05, 0) is 25.5 Å². The summed E-state index contributed by atoms with van der Waals surface area (Å²) in [7, 11) is 0. The van der Waals surface area contributed by atoms with E-state index in [0.29, 0.717) is 6.20 Å². The molecule has 16 heavy (non-hydrogen) atoms. The highest BCUT2D eigenvalue weighted by molar-refractivity contribution is 5.80. The van der Waals surface area contributed by atoms with E-state index in [-0.39, 0.29) is 5.56 Å². The van der Waals surface area contributed by atoms with Crippen LogP contribution in [-0.2, 0) is 16.4 Å². The first kappa shape index (κ1) is 12.5. The van der Waals surface area contributed by atoms with Gasteiger partial charge in [0.2, 0.25) is 0 Å². The molecule has 0 aliphatic rings. The number of rotatable bonds is 2. The van der Waals surface area contributed by atoms with Crippen molar-refractivity contribution in [3.63, 3.8) is 0 Å². The van der Waals surface area contributed by atoms with Crippen LogP contribution in [0.2, 0.25) is 0 Å². The SMILES string of the molecule is CC(C)(C(=O)O)c1ccncc1C(F)(F)F. The number of hydrogen-bond donors (Lipinski definition) is 1. The van der Waals surface area contributed by atoms with Gasteiger partial charge in [0.25, 0.3) is 0 Å². The van der Waals surface area contributed by atoms with E-state index in [1.54, 1.807) is 0 Å². The summed E-state index contributed by atoms with van der Waals surface area (Å²) in [6, 6.07) is 1.08. The predicted octanol–water partition coefficient (Wildman–Crippen LogP) is 2.46. The average Bonchev–Trinajstić information content (AvgIpc) is 2.16. The first-order valence-electron chi connectivity index (χ1n) is 4.42. The molecule has 0 bridgehead atoms. The summed E-state index contributed by atoms with van der Waals surface area (Å²) in [5.41, 5.74) is -2.90. The number of aromatic nitrogens is 1. The van der Waals surface area contributed by atoms with Crippen molar-refractivity contribution in [3.05, 3.63) is 29.6 Å². The second kappa shape index (κ2) is 3.77. The number of carbonyl (C=O) groups is 1. The van der Waals surface area contributed by atoms with Gasteiger partial charge in [-0.25, -0.2) is 0 Å². The molecular formula is C10H10F3NO2. The molecule has 0 radical (unpaired) electrons. The maximum Gasteiger partial charge on any atom is 0.418 e. The van der Waals surface area contributed by atoms with Gasteiger partial charge in [-0.15, -0.1) is 0 Å². The van der Waals surface area contributed by atoms with Gasteiger partial charge < -0.3 is 5.11 Å². The van der Waals surface area contributed by atoms with Crippen LogP contribution in [0.1, 0.15) is 25.0 Å². The van der Waals surface area contributed by atoms with E-state index in [2.05, 4.69) is 4.98 Å². The Kier molecular flexibility index (Phi) is 2.94. The van der Waals surface area contributed by atoms with Gasteiger partial charge in [-0.2, -0.15) is 13.2 Å². The second-order valence-electron chi connectivity index (χ2n) is 3.85. The number of alkyl halides is 3. The maximum absolute atomic E-state index is 12.6. The third kappa shape index (κ3) is 2.15. The Bertz CT molecular complexity index is 413. The fourth-order valence-electron chi connectivity index (χ4n) is 1.28. The monoisotopic (exact) mass is 233 g/mol. The molecule has 0 aliphatic carbocycles. The third-order valence-electron chi connectivity index (χ3n) is 2.33. The largest absolute Gasteiger partial charge is 0.481 e. The summed E-state index contributed by atoms with van der Waals surface area (Å²) >= 11 is 0. The zero-order valence-corrected chi connectivity index (χ0v) is 8.67. The lowest BCUT2D eigenvalue weighted by Gasteiger charge is -2.23. The highest BCUT2D eigenvalue weighted by Gasteiger charge is 2.40. The highest BCUT2D eigenvalue weighted by Crippen LogP contribution is 2.36. The van der Waals surface area contributed by atoms with Crippen LogP contribution in [-0.4, -0.2) is 16.1 Å². The molecule has 1 heterocycles. The molecule has 0 aromatic carbocycles. The zero-order chi connectivity index (χ0) is 12.6. The molecule has 0 unspecified atom stereocenters. The highest BCUT2D eigenvalue weighted by atomic mass is 19.4. The molecule has 0 saturated carbocycles. The summed E-state index contributed by atoms with van der Waals surface area (Å²) in [5.74, 6) is -1.32. The lowest BCUT2D eigenvalue weighted by atomic mass is 9.82. The minimum Gasteiger partial charge on any atom is -0.481 e. The van der Waals surface area contributed by atoms with Crippen LogP contribution in [0.5, 0.6) is 0 Å². The van der Waals surface area contributed by atoms with Crippen LogP contribution in [0.4, 0.5) is 13.2 Å². The molecule has 3 nitrogen and oxygen atoms in total. The lowest BCUT2D eigenvalue weighted by Crippen LogP contribution is -2.31. The quantitative estimate of drug-likeness (QED) is 0.853.